The minimum absolute atomic E-state index is 0.125. The van der Waals surface area contributed by atoms with Gasteiger partial charge < -0.3 is 15.1 Å². The molecule has 0 bridgehead atoms. The van der Waals surface area contributed by atoms with E-state index in [0.29, 0.717) is 30.9 Å². The summed E-state index contributed by atoms with van der Waals surface area (Å²) in [6.45, 7) is 6.55. The van der Waals surface area contributed by atoms with Crippen LogP contribution in [0.25, 0.3) is 0 Å². The lowest BCUT2D eigenvalue weighted by Gasteiger charge is -2.33. The SMILES string of the molecule is CCN1CCN(C(=O)c2cc(C(=O)NCc3ccccn3)ccn2)CC1. The van der Waals surface area contributed by atoms with Crippen LogP contribution >= 0.6 is 0 Å². The predicted octanol–water partition coefficient (Wildman–Crippen LogP) is 1.18. The summed E-state index contributed by atoms with van der Waals surface area (Å²) < 4.78 is 0. The van der Waals surface area contributed by atoms with Crippen LogP contribution in [0.4, 0.5) is 0 Å². The molecule has 7 nitrogen and oxygen atoms in total. The first kappa shape index (κ1) is 18.0. The molecule has 1 fully saturated rings. The van der Waals surface area contributed by atoms with E-state index in [2.05, 4.69) is 27.1 Å². The van der Waals surface area contributed by atoms with Crippen molar-refractivity contribution < 1.29 is 9.59 Å². The minimum atomic E-state index is -0.247. The molecule has 2 amide bonds. The number of nitrogens with one attached hydrogen (secondary N) is 1. The van der Waals surface area contributed by atoms with Crippen LogP contribution in [0.2, 0.25) is 0 Å². The molecule has 3 heterocycles. The second-order valence-corrected chi connectivity index (χ2v) is 6.16. The van der Waals surface area contributed by atoms with Crippen LogP contribution in [0, 0.1) is 0 Å². The molecule has 7 heteroatoms. The highest BCUT2D eigenvalue weighted by Crippen LogP contribution is 2.09. The summed E-state index contributed by atoms with van der Waals surface area (Å²) in [5, 5.41) is 2.81. The summed E-state index contributed by atoms with van der Waals surface area (Å²) in [6, 6.07) is 8.71. The lowest BCUT2D eigenvalue weighted by atomic mass is 10.2. The number of carbonyl (C=O) groups is 2. The third-order valence-corrected chi connectivity index (χ3v) is 4.50. The standard InChI is InChI=1S/C19H23N5O2/c1-2-23-9-11-24(12-10-23)19(26)17-13-15(6-8-21-17)18(25)22-14-16-5-3-4-7-20-16/h3-8,13H,2,9-12,14H2,1H3,(H,22,25). The van der Waals surface area contributed by atoms with Gasteiger partial charge in [-0.1, -0.05) is 13.0 Å². The maximum absolute atomic E-state index is 12.7. The number of hydrogen-bond donors (Lipinski definition) is 1. The number of likely N-dealkylation sites (N-methyl/N-ethyl adjacent to an activating group) is 1. The number of hydrogen-bond acceptors (Lipinski definition) is 5. The molecular formula is C19H23N5O2. The van der Waals surface area contributed by atoms with Gasteiger partial charge in [0.2, 0.25) is 0 Å². The number of piperazine rings is 1. The van der Waals surface area contributed by atoms with Crippen molar-refractivity contribution in [3.05, 3.63) is 59.7 Å². The third-order valence-electron chi connectivity index (χ3n) is 4.50. The predicted molar refractivity (Wildman–Crippen MR) is 97.7 cm³/mol. The van der Waals surface area contributed by atoms with Crippen molar-refractivity contribution in [3.63, 3.8) is 0 Å². The van der Waals surface area contributed by atoms with Crippen molar-refractivity contribution in [3.8, 4) is 0 Å². The Morgan fingerprint density at radius 1 is 1.08 bits per heavy atom. The second-order valence-electron chi connectivity index (χ2n) is 6.16. The van der Waals surface area contributed by atoms with Crippen molar-refractivity contribution in [2.45, 2.75) is 13.5 Å². The molecule has 0 aromatic carbocycles. The lowest BCUT2D eigenvalue weighted by molar-refractivity contribution is 0.0637. The Labute approximate surface area is 153 Å². The number of nitrogens with zero attached hydrogens (tertiary/aromatic N) is 4. The maximum Gasteiger partial charge on any atom is 0.272 e. The number of pyridine rings is 2. The first-order chi connectivity index (χ1) is 12.7. The molecule has 0 spiro atoms. The average molecular weight is 353 g/mol. The Morgan fingerprint density at radius 2 is 1.88 bits per heavy atom. The van der Waals surface area contributed by atoms with Gasteiger partial charge in [-0.05, 0) is 30.8 Å². The van der Waals surface area contributed by atoms with Crippen LogP contribution < -0.4 is 5.32 Å². The van der Waals surface area contributed by atoms with Crippen LogP contribution in [-0.4, -0.2) is 64.3 Å². The number of amides is 2. The average Bonchev–Trinajstić information content (AvgIpc) is 2.72. The molecule has 136 valence electrons. The zero-order valence-corrected chi connectivity index (χ0v) is 14.9. The van der Waals surface area contributed by atoms with Crippen LogP contribution in [0.5, 0.6) is 0 Å². The van der Waals surface area contributed by atoms with Crippen molar-refractivity contribution >= 4 is 11.8 Å². The van der Waals surface area contributed by atoms with E-state index in [9.17, 15) is 9.59 Å². The Balaban J connectivity index is 1.62. The number of carbonyl (C=O) groups excluding carboxylic acids is 2. The topological polar surface area (TPSA) is 78.4 Å². The van der Waals surface area contributed by atoms with Gasteiger partial charge in [0, 0.05) is 44.1 Å². The highest BCUT2D eigenvalue weighted by Gasteiger charge is 2.22. The van der Waals surface area contributed by atoms with Crippen molar-refractivity contribution in [1.82, 2.24) is 25.1 Å². The zero-order chi connectivity index (χ0) is 18.4. The fraction of sp³-hybridized carbons (Fsp3) is 0.368. The van der Waals surface area contributed by atoms with E-state index in [1.54, 1.807) is 23.2 Å². The Hall–Kier alpha value is -2.80. The van der Waals surface area contributed by atoms with E-state index >= 15 is 0 Å². The van der Waals surface area contributed by atoms with Crippen molar-refractivity contribution in [1.29, 1.82) is 0 Å². The number of rotatable bonds is 5. The third kappa shape index (κ3) is 4.43. The van der Waals surface area contributed by atoms with Gasteiger partial charge in [0.05, 0.1) is 12.2 Å². The molecule has 0 atom stereocenters. The first-order valence-corrected chi connectivity index (χ1v) is 8.83. The maximum atomic E-state index is 12.7. The van der Waals surface area contributed by atoms with E-state index in [0.717, 1.165) is 25.3 Å². The van der Waals surface area contributed by atoms with Gasteiger partial charge in [0.15, 0.2) is 0 Å². The summed E-state index contributed by atoms with van der Waals surface area (Å²) in [5.74, 6) is -0.372. The summed E-state index contributed by atoms with van der Waals surface area (Å²) in [6.07, 6.45) is 3.19. The molecule has 0 aliphatic carbocycles. The van der Waals surface area contributed by atoms with Gasteiger partial charge in [-0.2, -0.15) is 0 Å². The molecule has 0 radical (unpaired) electrons. The van der Waals surface area contributed by atoms with Gasteiger partial charge in [0.25, 0.3) is 11.8 Å². The molecule has 26 heavy (non-hydrogen) atoms. The van der Waals surface area contributed by atoms with E-state index in [4.69, 9.17) is 0 Å². The summed E-state index contributed by atoms with van der Waals surface area (Å²) in [7, 11) is 0. The normalized spacial score (nSPS) is 14.9. The van der Waals surface area contributed by atoms with E-state index < -0.39 is 0 Å². The van der Waals surface area contributed by atoms with Gasteiger partial charge in [-0.3, -0.25) is 19.6 Å². The molecule has 2 aromatic heterocycles. The van der Waals surface area contributed by atoms with E-state index in [1.807, 2.05) is 18.2 Å². The van der Waals surface area contributed by atoms with Crippen molar-refractivity contribution in [2.75, 3.05) is 32.7 Å². The smallest absolute Gasteiger partial charge is 0.272 e. The monoisotopic (exact) mass is 353 g/mol. The molecule has 1 aliphatic rings. The van der Waals surface area contributed by atoms with Crippen LogP contribution in [0.1, 0.15) is 33.5 Å². The molecule has 3 rings (SSSR count). The van der Waals surface area contributed by atoms with E-state index in [1.165, 1.54) is 6.20 Å². The first-order valence-electron chi connectivity index (χ1n) is 8.83. The quantitative estimate of drug-likeness (QED) is 0.873. The van der Waals surface area contributed by atoms with Gasteiger partial charge >= 0.3 is 0 Å². The largest absolute Gasteiger partial charge is 0.346 e. The fourth-order valence-electron chi connectivity index (χ4n) is 2.89. The van der Waals surface area contributed by atoms with Crippen LogP contribution in [0.15, 0.2) is 42.7 Å². The minimum Gasteiger partial charge on any atom is -0.346 e. The van der Waals surface area contributed by atoms with Gasteiger partial charge in [0.1, 0.15) is 5.69 Å². The summed E-state index contributed by atoms with van der Waals surface area (Å²) in [4.78, 5) is 37.4. The van der Waals surface area contributed by atoms with Gasteiger partial charge in [-0.15, -0.1) is 0 Å². The molecule has 0 unspecified atom stereocenters. The van der Waals surface area contributed by atoms with Crippen LogP contribution in [-0.2, 0) is 6.54 Å². The number of aromatic nitrogens is 2. The molecule has 2 aromatic rings. The fourth-order valence-corrected chi connectivity index (χ4v) is 2.89. The van der Waals surface area contributed by atoms with Gasteiger partial charge in [-0.25, -0.2) is 0 Å². The summed E-state index contributed by atoms with van der Waals surface area (Å²) >= 11 is 0. The van der Waals surface area contributed by atoms with Crippen LogP contribution in [0.3, 0.4) is 0 Å². The molecule has 0 saturated carbocycles. The summed E-state index contributed by atoms with van der Waals surface area (Å²) in [5.41, 5.74) is 1.51. The Bertz CT molecular complexity index is 758. The molecule has 1 aliphatic heterocycles. The lowest BCUT2D eigenvalue weighted by Crippen LogP contribution is -2.48. The molecule has 1 saturated heterocycles. The Morgan fingerprint density at radius 3 is 2.58 bits per heavy atom. The second kappa shape index (κ2) is 8.53. The van der Waals surface area contributed by atoms with Crippen molar-refractivity contribution in [2.24, 2.45) is 0 Å². The van der Waals surface area contributed by atoms with E-state index in [-0.39, 0.29) is 11.8 Å². The molecular weight excluding hydrogens is 330 g/mol. The highest BCUT2D eigenvalue weighted by molar-refractivity contribution is 5.98. The highest BCUT2D eigenvalue weighted by atomic mass is 16.2. The molecule has 1 N–H and O–H groups in total. The zero-order valence-electron chi connectivity index (χ0n) is 14.9. The Kier molecular flexibility index (Phi) is 5.91.